The minimum atomic E-state index is -1.23. The third-order valence-electron chi connectivity index (χ3n) is 3.40. The van der Waals surface area contributed by atoms with E-state index in [0.29, 0.717) is 6.54 Å². The predicted octanol–water partition coefficient (Wildman–Crippen LogP) is 5.17. The lowest BCUT2D eigenvalue weighted by Crippen LogP contribution is -2.30. The molecule has 3 nitrogen and oxygen atoms in total. The molecule has 0 spiro atoms. The second-order valence-corrected chi connectivity index (χ2v) is 7.60. The van der Waals surface area contributed by atoms with E-state index < -0.39 is 9.82 Å². The molecule has 0 saturated carbocycles. The van der Waals surface area contributed by atoms with Crippen LogP contribution in [0.3, 0.4) is 0 Å². The van der Waals surface area contributed by atoms with Gasteiger partial charge in [0.05, 0.1) is 0 Å². The van der Waals surface area contributed by atoms with E-state index in [1.54, 1.807) is 0 Å². The van der Waals surface area contributed by atoms with E-state index in [4.69, 9.17) is 40.5 Å². The molecule has 2 amide bonds. The lowest BCUT2D eigenvalue weighted by Gasteiger charge is -2.24. The van der Waals surface area contributed by atoms with Crippen molar-refractivity contribution < 1.29 is 4.79 Å². The summed E-state index contributed by atoms with van der Waals surface area (Å²) in [6, 6.07) is -0.508. The van der Waals surface area contributed by atoms with Gasteiger partial charge in [0, 0.05) is 12.5 Å². The summed E-state index contributed by atoms with van der Waals surface area (Å²) in [6.07, 6.45) is 9.85. The minimum Gasteiger partial charge on any atom is -0.352 e. The van der Waals surface area contributed by atoms with Gasteiger partial charge in [0.15, 0.2) is 3.79 Å². The molecule has 0 bridgehead atoms. The van der Waals surface area contributed by atoms with E-state index in [1.807, 2.05) is 0 Å². The van der Waals surface area contributed by atoms with E-state index in [0.717, 1.165) is 25.7 Å². The van der Waals surface area contributed by atoms with Crippen LogP contribution in [0, 0.1) is 5.92 Å². The van der Waals surface area contributed by atoms with Crippen molar-refractivity contribution in [2.45, 2.75) is 68.5 Å². The summed E-state index contributed by atoms with van der Waals surface area (Å²) in [5, 5.41) is 2.55. The maximum absolute atomic E-state index is 10.6. The Morgan fingerprint density at radius 3 is 2.15 bits per heavy atom. The molecule has 0 heterocycles. The number of amides is 2. The van der Waals surface area contributed by atoms with Crippen molar-refractivity contribution in [1.82, 2.24) is 5.32 Å². The molecule has 0 fully saturated rings. The van der Waals surface area contributed by atoms with Gasteiger partial charge in [0.1, 0.15) is 0 Å². The summed E-state index contributed by atoms with van der Waals surface area (Å²) in [5.74, 6) is 0.0355. The summed E-state index contributed by atoms with van der Waals surface area (Å²) in [4.78, 5) is 10.6. The molecule has 0 aliphatic heterocycles. The van der Waals surface area contributed by atoms with Gasteiger partial charge in [-0.1, -0.05) is 80.3 Å². The number of hydrogen-bond donors (Lipinski definition) is 2. The van der Waals surface area contributed by atoms with E-state index in [1.165, 1.54) is 32.1 Å². The van der Waals surface area contributed by atoms with Crippen LogP contribution in [0.1, 0.15) is 64.7 Å². The molecular formula is C14H27Cl3N2O. The van der Waals surface area contributed by atoms with Crippen LogP contribution in [0.2, 0.25) is 0 Å². The van der Waals surface area contributed by atoms with Crippen LogP contribution in [-0.2, 0) is 0 Å². The number of carbonyl (C=O) groups is 1. The smallest absolute Gasteiger partial charge is 0.312 e. The Labute approximate surface area is 137 Å². The molecule has 0 saturated heterocycles. The van der Waals surface area contributed by atoms with Crippen molar-refractivity contribution in [1.29, 1.82) is 0 Å². The Kier molecular flexibility index (Phi) is 11.8. The zero-order valence-corrected chi connectivity index (χ0v) is 14.5. The average molecular weight is 346 g/mol. The van der Waals surface area contributed by atoms with Crippen molar-refractivity contribution in [3.8, 4) is 0 Å². The lowest BCUT2D eigenvalue weighted by atomic mass is 9.97. The maximum atomic E-state index is 10.6. The molecular weight excluding hydrogens is 319 g/mol. The summed E-state index contributed by atoms with van der Waals surface area (Å²) < 4.78 is -1.23. The largest absolute Gasteiger partial charge is 0.352 e. The Hall–Kier alpha value is 0.140. The summed E-state index contributed by atoms with van der Waals surface area (Å²) in [7, 11) is 0. The maximum Gasteiger partial charge on any atom is 0.312 e. The first-order valence-electron chi connectivity index (χ1n) is 7.48. The number of carbonyl (C=O) groups excluding carboxylic acids is 1. The second-order valence-electron chi connectivity index (χ2n) is 5.23. The summed E-state index contributed by atoms with van der Waals surface area (Å²) in [6.45, 7) is 2.74. The van der Waals surface area contributed by atoms with Crippen LogP contribution in [0.5, 0.6) is 0 Å². The van der Waals surface area contributed by atoms with Crippen LogP contribution in [-0.4, -0.2) is 16.4 Å². The van der Waals surface area contributed by atoms with Crippen LogP contribution in [0.25, 0.3) is 0 Å². The third-order valence-corrected chi connectivity index (χ3v) is 4.32. The number of urea groups is 1. The Balaban J connectivity index is 3.83. The molecule has 1 unspecified atom stereocenters. The van der Waals surface area contributed by atoms with Crippen LogP contribution in [0.15, 0.2) is 0 Å². The van der Waals surface area contributed by atoms with Gasteiger partial charge < -0.3 is 11.1 Å². The van der Waals surface area contributed by atoms with Crippen molar-refractivity contribution in [3.05, 3.63) is 0 Å². The van der Waals surface area contributed by atoms with Gasteiger partial charge >= 0.3 is 6.03 Å². The van der Waals surface area contributed by atoms with Gasteiger partial charge in [-0.05, 0) is 19.3 Å². The van der Waals surface area contributed by atoms with Crippen molar-refractivity contribution in [3.63, 3.8) is 0 Å². The molecule has 0 aromatic rings. The van der Waals surface area contributed by atoms with Crippen molar-refractivity contribution >= 4 is 40.8 Å². The molecule has 0 aromatic heterocycles. The second kappa shape index (κ2) is 11.8. The van der Waals surface area contributed by atoms with Crippen molar-refractivity contribution in [2.75, 3.05) is 6.54 Å². The highest BCUT2D eigenvalue weighted by Crippen LogP contribution is 2.40. The number of alkyl halides is 3. The molecule has 0 rings (SSSR count). The number of nitrogens with one attached hydrogen (secondary N) is 1. The zero-order chi connectivity index (χ0) is 15.4. The van der Waals surface area contributed by atoms with Crippen LogP contribution >= 0.6 is 34.8 Å². The highest BCUT2D eigenvalue weighted by Gasteiger charge is 2.31. The standard InChI is InChI=1S/C14H27Cl3N2O/c1-2-3-4-5-6-7-9-12(14(15,16)17)10-8-11-19-13(18)20/h12H,2-11H2,1H3,(H3,18,19,20). The van der Waals surface area contributed by atoms with Gasteiger partial charge in [-0.2, -0.15) is 0 Å². The molecule has 0 radical (unpaired) electrons. The number of halogens is 3. The molecule has 0 aliphatic rings. The average Bonchev–Trinajstić information content (AvgIpc) is 2.34. The third kappa shape index (κ3) is 11.9. The number of unbranched alkanes of at least 4 members (excludes halogenated alkanes) is 5. The summed E-state index contributed by atoms with van der Waals surface area (Å²) >= 11 is 18.1. The number of nitrogens with two attached hydrogens (primary N) is 1. The SMILES string of the molecule is CCCCCCCCC(CCCNC(N)=O)C(Cl)(Cl)Cl. The topological polar surface area (TPSA) is 55.1 Å². The molecule has 1 atom stereocenters. The molecule has 0 aromatic carbocycles. The highest BCUT2D eigenvalue weighted by molar-refractivity contribution is 6.67. The van der Waals surface area contributed by atoms with Crippen LogP contribution in [0.4, 0.5) is 4.79 Å². The van der Waals surface area contributed by atoms with E-state index in [2.05, 4.69) is 12.2 Å². The molecule has 0 aliphatic carbocycles. The van der Waals surface area contributed by atoms with Gasteiger partial charge in [0.25, 0.3) is 0 Å². The lowest BCUT2D eigenvalue weighted by molar-refractivity contribution is 0.248. The fourth-order valence-corrected chi connectivity index (χ4v) is 2.86. The van der Waals surface area contributed by atoms with E-state index >= 15 is 0 Å². The van der Waals surface area contributed by atoms with Crippen LogP contribution < -0.4 is 11.1 Å². The fourth-order valence-electron chi connectivity index (χ4n) is 2.20. The summed E-state index contributed by atoms with van der Waals surface area (Å²) in [5.41, 5.74) is 5.01. The Morgan fingerprint density at radius 2 is 1.60 bits per heavy atom. The van der Waals surface area contributed by atoms with E-state index in [9.17, 15) is 4.79 Å². The molecule has 120 valence electrons. The number of primary amides is 1. The van der Waals surface area contributed by atoms with Crippen molar-refractivity contribution in [2.24, 2.45) is 11.7 Å². The van der Waals surface area contributed by atoms with Gasteiger partial charge in [0.2, 0.25) is 0 Å². The highest BCUT2D eigenvalue weighted by atomic mass is 35.6. The quantitative estimate of drug-likeness (QED) is 0.394. The Bertz CT molecular complexity index is 257. The molecule has 20 heavy (non-hydrogen) atoms. The van der Waals surface area contributed by atoms with Gasteiger partial charge in [-0.15, -0.1) is 0 Å². The van der Waals surface area contributed by atoms with E-state index in [-0.39, 0.29) is 5.92 Å². The first-order valence-corrected chi connectivity index (χ1v) is 8.61. The molecule has 3 N–H and O–H groups in total. The number of hydrogen-bond acceptors (Lipinski definition) is 1. The number of rotatable bonds is 11. The fraction of sp³-hybridized carbons (Fsp3) is 0.929. The zero-order valence-electron chi connectivity index (χ0n) is 12.3. The first kappa shape index (κ1) is 20.1. The minimum absolute atomic E-state index is 0.0355. The normalized spacial score (nSPS) is 13.2. The first-order chi connectivity index (χ1) is 9.38. The monoisotopic (exact) mass is 344 g/mol. The Morgan fingerprint density at radius 1 is 1.05 bits per heavy atom. The van der Waals surface area contributed by atoms with Gasteiger partial charge in [-0.25, -0.2) is 4.79 Å². The predicted molar refractivity (Wildman–Crippen MR) is 88.6 cm³/mol. The van der Waals surface area contributed by atoms with Gasteiger partial charge in [-0.3, -0.25) is 0 Å². The molecule has 6 heteroatoms.